The minimum atomic E-state index is -1.84. The molecular weight excluding hydrogens is 1900 g/mol. The fourth-order valence-corrected chi connectivity index (χ4v) is 16.9. The van der Waals surface area contributed by atoms with Gasteiger partial charge in [-0.15, -0.1) is 0 Å². The third-order valence-corrected chi connectivity index (χ3v) is 25.0. The van der Waals surface area contributed by atoms with Crippen LogP contribution in [-0.4, -0.2) is 85.7 Å². The first-order valence-corrected chi connectivity index (χ1v) is 46.6. The van der Waals surface area contributed by atoms with Crippen molar-refractivity contribution in [3.63, 3.8) is 0 Å². The van der Waals surface area contributed by atoms with Crippen molar-refractivity contribution in [2.24, 2.45) is 0 Å². The molecule has 0 amide bonds. The number of rotatable bonds is 13. The van der Waals surface area contributed by atoms with Crippen molar-refractivity contribution < 1.29 is 76.6 Å². The summed E-state index contributed by atoms with van der Waals surface area (Å²) in [5.74, 6) is -1.61. The molecule has 12 nitrogen and oxygen atoms in total. The first kappa shape index (κ1) is 99.5. The number of hydrogen-bond acceptors (Lipinski definition) is 12. The van der Waals surface area contributed by atoms with Gasteiger partial charge >= 0.3 is 63.3 Å². The van der Waals surface area contributed by atoms with Crippen LogP contribution in [0.25, 0.3) is 33.8 Å². The largest absolute Gasteiger partial charge is 0.0622 e. The summed E-state index contributed by atoms with van der Waals surface area (Å²) in [6, 6.07) is 102. The fraction of sp³-hybridized carbons (Fsp3) is 0.130. The first-order chi connectivity index (χ1) is 58.5. The standard InChI is InChI=1S/2C18H15P.C12H24B2O4.C11H9BFNO2.C11H7ClFN.C11H7FIN.C6H5BF2O2.C5H3Cl2N.2ClH.Pd/c2*1-4-10-16(11-5-1)19(17-12-6-2-7-13-17)18-14-8-3-9-15-18;1-9(2)10(3,4)16-13(15-9)14-17-11(5,6)12(7,8)18-14;13-10-4-2-1-3-9(10)11-7-8(12(15)16)5-6-14-11;12-8-5-6-14-11(7-8)9-3-1-2-4-10(9)13;12-10-4-2-1-3-9(10)11-7-8(13)5-6-14-11;8-6-4-2-1-3-5(6)7(10)11-9;6-4-1-2-8-5(7)3-4;;;/h2*1-15H;1-8H3;1-7,15-16H;2*1-7H;1-4,10H;1-3H;2*1H;/q;;;;;;;;;;+2/p-2. The quantitative estimate of drug-likeness (QED) is 0.0330. The molecule has 3 N–H and O–H groups in total. The van der Waals surface area contributed by atoms with Gasteiger partial charge in [-0.1, -0.05) is 276 Å². The minimum absolute atomic E-state index is 0.106. The molecule has 0 atom stereocenters. The average Bonchev–Trinajstić information content (AvgIpc) is 1.60. The van der Waals surface area contributed by atoms with Crippen LogP contribution in [0.4, 0.5) is 22.1 Å². The van der Waals surface area contributed by atoms with Gasteiger partial charge in [-0.3, -0.25) is 15.0 Å². The number of pyridine rings is 4. The van der Waals surface area contributed by atoms with Crippen LogP contribution in [0, 0.1) is 26.8 Å². The maximum Gasteiger partial charge on any atom is -0.0134 e. The minimum Gasteiger partial charge on any atom is -0.0622 e. The van der Waals surface area contributed by atoms with Gasteiger partial charge in [0.1, 0.15) is 28.4 Å². The van der Waals surface area contributed by atoms with Crippen molar-refractivity contribution >= 4 is 163 Å². The van der Waals surface area contributed by atoms with E-state index >= 15 is 0 Å². The van der Waals surface area contributed by atoms with E-state index in [0.717, 1.165) is 9.64 Å². The molecule has 0 saturated carbocycles. The van der Waals surface area contributed by atoms with Crippen LogP contribution in [0.15, 0.2) is 352 Å². The van der Waals surface area contributed by atoms with E-state index in [1.807, 2.05) is 67.5 Å². The Morgan fingerprint density at radius 1 is 0.361 bits per heavy atom. The average molecular weight is 1990 g/mol. The molecule has 2 aliphatic rings. The van der Waals surface area contributed by atoms with Crippen LogP contribution in [0.5, 0.6) is 0 Å². The van der Waals surface area contributed by atoms with Crippen molar-refractivity contribution in [1.29, 1.82) is 0 Å². The summed E-state index contributed by atoms with van der Waals surface area (Å²) in [7, 11) is 4.37. The Morgan fingerprint density at radius 2 is 0.631 bits per heavy atom. The second-order valence-electron chi connectivity index (χ2n) is 28.2. The number of halogens is 11. The molecule has 16 rings (SSSR count). The van der Waals surface area contributed by atoms with E-state index < -0.39 is 49.9 Å². The first-order valence-electron chi connectivity index (χ1n) is 37.7. The Balaban J connectivity index is 0.000000174. The van der Waals surface area contributed by atoms with Crippen LogP contribution in [-0.2, 0) is 39.4 Å². The third kappa shape index (κ3) is 30.8. The zero-order valence-electron chi connectivity index (χ0n) is 67.3. The topological polar surface area (TPSA) is 158 Å². The van der Waals surface area contributed by atoms with Gasteiger partial charge in [-0.25, -0.2) is 27.4 Å². The normalized spacial score (nSPS) is 13.3. The molecule has 30 heteroatoms. The Kier molecular flexibility index (Phi) is 41.0. The fourth-order valence-electron chi connectivity index (χ4n) is 11.3. The van der Waals surface area contributed by atoms with Gasteiger partial charge in [0.05, 0.1) is 39.5 Å². The van der Waals surface area contributed by atoms with Gasteiger partial charge < -0.3 is 33.7 Å². The summed E-state index contributed by atoms with van der Waals surface area (Å²) in [4.78, 5) is 18.9. The molecule has 0 unspecified atom stereocenters. The van der Waals surface area contributed by atoms with Gasteiger partial charge in [0.25, 0.3) is 0 Å². The smallest absolute Gasteiger partial charge is 0.0134 e. The summed E-state index contributed by atoms with van der Waals surface area (Å²) < 4.78 is 89.0. The molecule has 6 heterocycles. The van der Waals surface area contributed by atoms with Gasteiger partial charge in [-0.2, -0.15) is 0 Å². The molecule has 14 aromatic rings. The maximum absolute atomic E-state index is 13.4. The van der Waals surface area contributed by atoms with E-state index in [0.29, 0.717) is 49.0 Å². The number of nitrogens with zero attached hydrogens (tertiary/aromatic N) is 4. The van der Waals surface area contributed by atoms with Crippen LogP contribution in [0.1, 0.15) is 55.4 Å². The van der Waals surface area contributed by atoms with Gasteiger partial charge in [0.15, 0.2) is 0 Å². The molecule has 0 bridgehead atoms. The molecular formula is C92H85B4Cl5F5IN4O8P2Pd. The maximum atomic E-state index is 13.4. The molecule has 2 saturated heterocycles. The number of hydrogen-bond donors (Lipinski definition) is 3. The van der Waals surface area contributed by atoms with Gasteiger partial charge in [0, 0.05) is 60.6 Å². The monoisotopic (exact) mass is 1980 g/mol. The summed E-state index contributed by atoms with van der Waals surface area (Å²) in [5, 5.41) is 36.7. The Morgan fingerprint density at radius 3 is 0.910 bits per heavy atom. The molecule has 0 aliphatic carbocycles. The summed E-state index contributed by atoms with van der Waals surface area (Å²) >= 11 is 18.8. The van der Waals surface area contributed by atoms with E-state index in [1.54, 1.807) is 97.5 Å². The van der Waals surface area contributed by atoms with E-state index in [-0.39, 0.29) is 66.7 Å². The van der Waals surface area contributed by atoms with Crippen molar-refractivity contribution in [2.75, 3.05) is 0 Å². The summed E-state index contributed by atoms with van der Waals surface area (Å²) in [5.41, 5.74) is 1.59. The summed E-state index contributed by atoms with van der Waals surface area (Å²) in [6.45, 7) is 16.2. The Hall–Kier alpha value is -7.91. The zero-order valence-corrected chi connectivity index (χ0v) is 76.6. The predicted molar refractivity (Wildman–Crippen MR) is 501 cm³/mol. The molecule has 10 aromatic carbocycles. The van der Waals surface area contributed by atoms with Crippen molar-refractivity contribution in [1.82, 2.24) is 19.9 Å². The third-order valence-electron chi connectivity index (χ3n) is 18.8. The van der Waals surface area contributed by atoms with Crippen LogP contribution in [0.2, 0.25) is 15.2 Å². The Labute approximate surface area is 759 Å². The predicted octanol–water partition coefficient (Wildman–Crippen LogP) is 20.9. The Bertz CT molecular complexity index is 5000. The molecule has 4 aromatic heterocycles. The van der Waals surface area contributed by atoms with E-state index in [9.17, 15) is 22.1 Å². The molecule has 0 spiro atoms. The van der Waals surface area contributed by atoms with Gasteiger partial charge in [0.2, 0.25) is 0 Å². The summed E-state index contributed by atoms with van der Waals surface area (Å²) in [6.07, 6.45) is 6.22. The van der Waals surface area contributed by atoms with Crippen LogP contribution < -0.4 is 42.8 Å². The molecule has 2 fully saturated rings. The molecule has 630 valence electrons. The van der Waals surface area contributed by atoms with Crippen molar-refractivity contribution in [2.45, 2.75) is 77.8 Å². The zero-order chi connectivity index (χ0) is 88.2. The van der Waals surface area contributed by atoms with Crippen molar-refractivity contribution in [3.8, 4) is 33.8 Å². The van der Waals surface area contributed by atoms with Crippen molar-refractivity contribution in [3.05, 3.63) is 394 Å². The van der Waals surface area contributed by atoms with Crippen LogP contribution >= 0.6 is 92.3 Å². The second-order valence-corrected chi connectivity index (χ2v) is 37.6. The molecule has 122 heavy (non-hydrogen) atoms. The molecule has 0 radical (unpaired) electrons. The molecule has 2 aliphatic heterocycles. The SMILES string of the molecule is CC1(C)OB(B2OC(C)(C)C(C)(C)O2)OC1(C)C.Clc1ccnc(Cl)c1.Fc1ccccc1-c1cc(Cl)ccn1.Fc1ccccc1-c1cc(I)ccn1.OB(O)c1ccnc(-c2ccccc2F)c1.OB(OF)c1ccccc1F.[Cl][Pd][Cl].c1ccc(P(c2ccccc2)c2ccccc2)cc1.c1ccc(P(c2ccccc2)c2ccccc2)cc1. The number of benzene rings is 10. The van der Waals surface area contributed by atoms with E-state index in [1.165, 1.54) is 86.6 Å². The van der Waals surface area contributed by atoms with E-state index in [2.05, 4.69) is 229 Å². The van der Waals surface area contributed by atoms with Gasteiger partial charge in [-0.05, 0) is 222 Å². The van der Waals surface area contributed by atoms with E-state index in [4.69, 9.17) is 87.6 Å². The number of aromatic nitrogens is 4. The van der Waals surface area contributed by atoms with Crippen LogP contribution in [0.3, 0.4) is 0 Å². The second kappa shape index (κ2) is 50.3.